The van der Waals surface area contributed by atoms with Gasteiger partial charge in [-0.25, -0.2) is 23.2 Å². The lowest BCUT2D eigenvalue weighted by Gasteiger charge is -2.38. The van der Waals surface area contributed by atoms with Crippen molar-refractivity contribution >= 4 is 29.6 Å². The maximum absolute atomic E-state index is 15.1. The molecule has 2 aromatic carbocycles. The summed E-state index contributed by atoms with van der Waals surface area (Å²) in [6.45, 7) is 4.58. The minimum Gasteiger partial charge on any atom is -0.469 e. The zero-order valence-corrected chi connectivity index (χ0v) is 44.7. The van der Waals surface area contributed by atoms with E-state index in [2.05, 4.69) is 46.5 Å². The maximum Gasteiger partial charge on any atom is 0.407 e. The van der Waals surface area contributed by atoms with Gasteiger partial charge in [0.1, 0.15) is 23.5 Å². The number of aromatic nitrogens is 3. The first kappa shape index (κ1) is 64.0. The van der Waals surface area contributed by atoms with Crippen LogP contribution in [0.15, 0.2) is 67.1 Å². The summed E-state index contributed by atoms with van der Waals surface area (Å²) in [6.07, 6.45) is -8.90. The normalized spacial score (nSPS) is 16.8. The van der Waals surface area contributed by atoms with Crippen LogP contribution < -0.4 is 21.3 Å². The van der Waals surface area contributed by atoms with Crippen molar-refractivity contribution in [2.75, 3.05) is 65.1 Å². The van der Waals surface area contributed by atoms with E-state index < -0.39 is 114 Å². The third kappa shape index (κ3) is 16.9. The predicted octanol–water partition coefficient (Wildman–Crippen LogP) is 7.75. The van der Waals surface area contributed by atoms with Crippen molar-refractivity contribution in [3.05, 3.63) is 101 Å². The number of rotatable bonds is 20. The summed E-state index contributed by atoms with van der Waals surface area (Å²) in [7, 11) is 1.97. The van der Waals surface area contributed by atoms with E-state index in [0.717, 1.165) is 118 Å². The second kappa shape index (κ2) is 27.6. The third-order valence-electron chi connectivity index (χ3n) is 14.3. The number of hydrogen-bond acceptors (Lipinski definition) is 13. The van der Waals surface area contributed by atoms with Crippen LogP contribution in [-0.4, -0.2) is 139 Å². The summed E-state index contributed by atoms with van der Waals surface area (Å²) in [6, 6.07) is 10.9. The molecule has 5 N–H and O–H groups in total. The van der Waals surface area contributed by atoms with Crippen LogP contribution in [0, 0.1) is 46.1 Å². The average molecular weight is 1140 g/mol. The van der Waals surface area contributed by atoms with E-state index in [4.69, 9.17) is 10.5 Å². The average Bonchev–Trinajstić information content (AvgIpc) is 4.22. The van der Waals surface area contributed by atoms with Crippen molar-refractivity contribution in [2.24, 2.45) is 28.4 Å². The molecule has 0 spiro atoms. The van der Waals surface area contributed by atoms with E-state index in [1.807, 2.05) is 17.4 Å². The summed E-state index contributed by atoms with van der Waals surface area (Å²) in [4.78, 5) is 57.1. The van der Waals surface area contributed by atoms with Crippen LogP contribution in [0.2, 0.25) is 0 Å². The molecule has 6 rings (SSSR count). The first-order chi connectivity index (χ1) is 37.5. The number of carbonyl (C=O) groups excluding carboxylic acids is 4. The van der Waals surface area contributed by atoms with Gasteiger partial charge in [-0.1, -0.05) is 37.8 Å². The van der Waals surface area contributed by atoms with E-state index in [1.54, 1.807) is 30.5 Å². The van der Waals surface area contributed by atoms with Crippen LogP contribution in [0.25, 0.3) is 11.1 Å². The Morgan fingerprint density at radius 1 is 0.838 bits per heavy atom. The van der Waals surface area contributed by atoms with Gasteiger partial charge in [0.05, 0.1) is 56.3 Å². The fourth-order valence-corrected chi connectivity index (χ4v) is 8.87. The van der Waals surface area contributed by atoms with Crippen LogP contribution in [0.4, 0.5) is 54.5 Å². The zero-order valence-electron chi connectivity index (χ0n) is 44.7. The number of aliphatic hydroxyl groups is 1. The topological polar surface area (TPSA) is 203 Å². The van der Waals surface area contributed by atoms with Gasteiger partial charge in [-0.2, -0.15) is 40.2 Å². The maximum atomic E-state index is 15.1. The van der Waals surface area contributed by atoms with Crippen LogP contribution in [0.5, 0.6) is 0 Å². The Kier molecular flexibility index (Phi) is 22.1. The smallest absolute Gasteiger partial charge is 0.407 e. The second-order valence-corrected chi connectivity index (χ2v) is 20.4. The van der Waals surface area contributed by atoms with Crippen LogP contribution >= 0.6 is 0 Å². The number of primary amides is 1. The van der Waals surface area contributed by atoms with Crippen molar-refractivity contribution in [3.63, 3.8) is 0 Å². The highest BCUT2D eigenvalue weighted by atomic mass is 19.4. The largest absolute Gasteiger partial charge is 0.469 e. The molecule has 2 aromatic heterocycles. The molecule has 2 aliphatic heterocycles. The summed E-state index contributed by atoms with van der Waals surface area (Å²) >= 11 is 0. The van der Waals surface area contributed by atoms with Crippen molar-refractivity contribution in [1.82, 2.24) is 30.3 Å². The number of benzene rings is 2. The summed E-state index contributed by atoms with van der Waals surface area (Å²) in [5.41, 5.74) is 1.23. The fourth-order valence-electron chi connectivity index (χ4n) is 8.87. The van der Waals surface area contributed by atoms with Gasteiger partial charge in [0, 0.05) is 93.0 Å². The number of nitrogens with one attached hydrogen (secondary N) is 2. The molecule has 2 aliphatic rings. The van der Waals surface area contributed by atoms with Crippen LogP contribution in [0.1, 0.15) is 75.8 Å². The number of halogens is 10. The first-order valence-electron chi connectivity index (χ1n) is 25.2. The number of nitrogens with two attached hydrogens (primary N) is 1. The number of ether oxygens (including phenoxy) is 3. The molecule has 438 valence electrons. The molecule has 5 atom stereocenters. The lowest BCUT2D eigenvalue weighted by molar-refractivity contribution is -0.229. The minimum atomic E-state index is -4.94. The molecule has 16 nitrogen and oxygen atoms in total. The lowest BCUT2D eigenvalue weighted by atomic mass is 9.76. The van der Waals surface area contributed by atoms with Crippen molar-refractivity contribution in [1.29, 1.82) is 0 Å². The molecule has 2 fully saturated rings. The molecular formula is C54H64F10N8O8. The monoisotopic (exact) mass is 1140 g/mol. The Hall–Kier alpha value is -6.82. The number of alkyl carbamates (subject to hydrolysis) is 1. The number of nitrogens with zero attached hydrogens (tertiary/aromatic N) is 5. The molecule has 2 amide bonds. The number of methoxy groups -OCH3 is 2. The number of ketones is 1. The number of carbonyl (C=O) groups is 4. The predicted molar refractivity (Wildman–Crippen MR) is 271 cm³/mol. The van der Waals surface area contributed by atoms with Gasteiger partial charge >= 0.3 is 31.0 Å². The number of anilines is 1. The highest BCUT2D eigenvalue weighted by molar-refractivity contribution is 5.88. The number of Topliss-reactive ketones (excluding diaryl/α,β-unsaturated/α-hetero) is 1. The number of aliphatic hydroxyl groups excluding tert-OH is 1. The third-order valence-corrected chi connectivity index (χ3v) is 14.3. The van der Waals surface area contributed by atoms with Crippen LogP contribution in [-0.2, 0) is 41.6 Å². The van der Waals surface area contributed by atoms with Gasteiger partial charge in [-0.3, -0.25) is 19.3 Å². The molecule has 1 unspecified atom stereocenters. The number of hydrogen-bond donors (Lipinski definition) is 4. The van der Waals surface area contributed by atoms with E-state index >= 15 is 8.78 Å². The molecule has 4 aromatic rings. The summed E-state index contributed by atoms with van der Waals surface area (Å²) in [5.74, 6) is -0.806. The number of alkyl halides is 8. The Balaban J connectivity index is 0.000000637. The van der Waals surface area contributed by atoms with E-state index in [0.29, 0.717) is 27.4 Å². The van der Waals surface area contributed by atoms with Crippen molar-refractivity contribution < 1.29 is 82.4 Å². The summed E-state index contributed by atoms with van der Waals surface area (Å²) in [5, 5.41) is 19.7. The van der Waals surface area contributed by atoms with Crippen molar-refractivity contribution in [2.45, 2.75) is 97.0 Å². The van der Waals surface area contributed by atoms with Gasteiger partial charge in [-0.15, -0.1) is 0 Å². The minimum absolute atomic E-state index is 0.0303. The van der Waals surface area contributed by atoms with E-state index in [-0.39, 0.29) is 24.1 Å². The van der Waals surface area contributed by atoms with Gasteiger partial charge in [0.25, 0.3) is 0 Å². The number of amides is 2. The molecule has 0 bridgehead atoms. The van der Waals surface area contributed by atoms with E-state index in [1.165, 1.54) is 0 Å². The second-order valence-electron chi connectivity index (χ2n) is 20.4. The first-order valence-corrected chi connectivity index (χ1v) is 25.2. The van der Waals surface area contributed by atoms with E-state index in [9.17, 15) is 59.4 Å². The highest BCUT2D eigenvalue weighted by Crippen LogP contribution is 2.45. The standard InChI is InChI=1S/C45H50F7N7O5.C9H14F3NO3/c1-44(2,45(50,51)52)41(56-43(62)63-3)38(60)21-32(39(61)25-53-24-35-36(46)19-31(20-37(35)47)33-23-55-59(26-33)42(48)49)18-29-7-4-28(5-8-29)6-9-30-10-11-40(54-22-30)58-15-13-57(14-16-58)34-12-17-64-27-34;1-8(2,9(10,11)12)5(7(13)15)4-6(14)16-3/h4-5,7-8,10-11,19-20,22-23,26,32,34,39,41-42,53,61H,12-18,21,24-25,27H2,1-3H3,(H,56,62);5H,4H2,1-3H3,(H2,13,15)/t32-,34?,39+,41-;5-/m11/s1. The number of piperazine rings is 1. The van der Waals surface area contributed by atoms with Crippen LogP contribution in [0.3, 0.4) is 0 Å². The molecule has 26 heteroatoms. The molecular weight excluding hydrogens is 1080 g/mol. The number of pyridine rings is 1. The lowest BCUT2D eigenvalue weighted by Crippen LogP contribution is -2.56. The quantitative estimate of drug-likeness (QED) is 0.0380. The van der Waals surface area contributed by atoms with Crippen molar-refractivity contribution in [3.8, 4) is 23.0 Å². The molecule has 0 radical (unpaired) electrons. The SMILES string of the molecule is COC(=O)C[C@H](C(N)=O)C(C)(C)C(F)(F)F.COC(=O)N[C@H](C(=O)C[C@@H](Cc1ccc(C#Cc2ccc(N3CCN(C4CCOC4)CC3)nc2)cc1)[C@@H](O)CNCc1c(F)cc(-c2cnn(C(F)F)c2)cc1F)C(C)(C)C(F)(F)F. The Bertz CT molecular complexity index is 2760. The Morgan fingerprint density at radius 3 is 1.96 bits per heavy atom. The van der Waals surface area contributed by atoms with Gasteiger partial charge in [0.2, 0.25) is 5.91 Å². The highest BCUT2D eigenvalue weighted by Gasteiger charge is 2.56. The van der Waals surface area contributed by atoms with Gasteiger partial charge < -0.3 is 40.6 Å². The molecule has 0 saturated carbocycles. The summed E-state index contributed by atoms with van der Waals surface area (Å²) < 4.78 is 151. The molecule has 80 heavy (non-hydrogen) atoms. The molecule has 0 aliphatic carbocycles. The van der Waals surface area contributed by atoms with Gasteiger partial charge in [0.15, 0.2) is 5.78 Å². The Morgan fingerprint density at radius 2 is 1.45 bits per heavy atom. The fraction of sp³-hybridized carbons (Fsp3) is 0.519. The Labute approximate surface area is 455 Å². The zero-order chi connectivity index (χ0) is 59.3. The molecule has 4 heterocycles. The van der Waals surface area contributed by atoms with Gasteiger partial charge in [-0.05, 0) is 80.1 Å². The molecule has 2 saturated heterocycles. The number of esters is 1.